The first-order chi connectivity index (χ1) is 13.3. The Hall–Kier alpha value is -3.47. The highest BCUT2D eigenvalue weighted by Gasteiger charge is 2.10. The van der Waals surface area contributed by atoms with Gasteiger partial charge in [0.2, 0.25) is 0 Å². The van der Waals surface area contributed by atoms with Crippen LogP contribution in [-0.2, 0) is 6.42 Å². The van der Waals surface area contributed by atoms with Crippen molar-refractivity contribution in [1.82, 2.24) is 15.0 Å². The van der Waals surface area contributed by atoms with Crippen molar-refractivity contribution in [3.63, 3.8) is 0 Å². The maximum Gasteiger partial charge on any atom is 0.163 e. The summed E-state index contributed by atoms with van der Waals surface area (Å²) >= 11 is 0. The molecule has 5 nitrogen and oxygen atoms in total. The molecule has 2 aromatic carbocycles. The minimum atomic E-state index is 0.592. The summed E-state index contributed by atoms with van der Waals surface area (Å²) in [5.74, 6) is 2.37. The highest BCUT2D eigenvalue weighted by Crippen LogP contribution is 2.28. The first-order valence-corrected chi connectivity index (χ1v) is 8.65. The van der Waals surface area contributed by atoms with Crippen LogP contribution in [0.5, 0.6) is 11.5 Å². The summed E-state index contributed by atoms with van der Waals surface area (Å²) in [4.78, 5) is 13.7. The molecule has 2 heterocycles. The Bertz CT molecular complexity index is 1080. The third kappa shape index (κ3) is 3.44. The normalized spacial score (nSPS) is 10.7. The van der Waals surface area contributed by atoms with Crippen LogP contribution in [0.25, 0.3) is 22.2 Å². The van der Waals surface area contributed by atoms with Crippen LogP contribution < -0.4 is 9.47 Å². The van der Waals surface area contributed by atoms with E-state index in [1.807, 2.05) is 60.8 Å². The van der Waals surface area contributed by atoms with E-state index in [0.29, 0.717) is 17.9 Å². The van der Waals surface area contributed by atoms with Crippen LogP contribution in [0.1, 0.15) is 11.4 Å². The summed E-state index contributed by atoms with van der Waals surface area (Å²) in [5.41, 5.74) is 3.85. The van der Waals surface area contributed by atoms with Gasteiger partial charge in [-0.3, -0.25) is 0 Å². The molecule has 0 fully saturated rings. The van der Waals surface area contributed by atoms with Gasteiger partial charge in [0.1, 0.15) is 17.3 Å². The first kappa shape index (κ1) is 17.0. The quantitative estimate of drug-likeness (QED) is 0.533. The summed E-state index contributed by atoms with van der Waals surface area (Å²) in [7, 11) is 3.33. The van der Waals surface area contributed by atoms with Gasteiger partial charge < -0.3 is 9.47 Å². The first-order valence-electron chi connectivity index (χ1n) is 8.65. The number of rotatable bonds is 5. The fraction of sp³-hybridized carbons (Fsp3) is 0.136. The van der Waals surface area contributed by atoms with E-state index in [4.69, 9.17) is 9.47 Å². The molecule has 0 unspecified atom stereocenters. The summed E-state index contributed by atoms with van der Waals surface area (Å²) in [6.45, 7) is 0. The lowest BCUT2D eigenvalue weighted by molar-refractivity contribution is 0.410. The van der Waals surface area contributed by atoms with Gasteiger partial charge in [-0.1, -0.05) is 30.3 Å². The fourth-order valence-electron chi connectivity index (χ4n) is 3.10. The molecule has 0 aliphatic rings. The summed E-state index contributed by atoms with van der Waals surface area (Å²) < 4.78 is 10.7. The van der Waals surface area contributed by atoms with Crippen LogP contribution >= 0.6 is 0 Å². The number of fused-ring (bicyclic) bond motifs is 1. The van der Waals surface area contributed by atoms with Crippen molar-refractivity contribution in [2.75, 3.05) is 14.2 Å². The Kier molecular flexibility index (Phi) is 4.66. The fourth-order valence-corrected chi connectivity index (χ4v) is 3.10. The molecule has 0 N–H and O–H groups in total. The number of benzene rings is 2. The van der Waals surface area contributed by atoms with Gasteiger partial charge in [-0.2, -0.15) is 0 Å². The number of hydrogen-bond acceptors (Lipinski definition) is 5. The van der Waals surface area contributed by atoms with Gasteiger partial charge >= 0.3 is 0 Å². The molecule has 0 radical (unpaired) electrons. The summed E-state index contributed by atoms with van der Waals surface area (Å²) in [6.07, 6.45) is 4.22. The van der Waals surface area contributed by atoms with Gasteiger partial charge in [-0.15, -0.1) is 0 Å². The molecule has 0 bridgehead atoms. The lowest BCUT2D eigenvalue weighted by Crippen LogP contribution is -2.00. The number of methoxy groups -OCH3 is 2. The van der Waals surface area contributed by atoms with Gasteiger partial charge in [0.05, 0.1) is 14.2 Å². The molecule has 5 heteroatoms. The molecule has 2 aromatic heterocycles. The molecule has 4 aromatic rings. The standard InChI is InChI=1S/C22H19N3O2/c1-26-17-9-7-15(8-10-17)18-11-12-23-22-19(18)14-24-21(25-22)13-16-5-3-4-6-20(16)27-2/h3-12,14H,13H2,1-2H3. The van der Waals surface area contributed by atoms with Crippen LogP contribution in [0.15, 0.2) is 67.0 Å². The Balaban J connectivity index is 1.71. The molecule has 0 atom stereocenters. The highest BCUT2D eigenvalue weighted by molar-refractivity contribution is 5.91. The Labute approximate surface area is 157 Å². The number of pyridine rings is 1. The van der Waals surface area contributed by atoms with E-state index < -0.39 is 0 Å². The van der Waals surface area contributed by atoms with Crippen molar-refractivity contribution in [1.29, 1.82) is 0 Å². The van der Waals surface area contributed by atoms with Crippen molar-refractivity contribution in [2.24, 2.45) is 0 Å². The minimum Gasteiger partial charge on any atom is -0.497 e. The lowest BCUT2D eigenvalue weighted by Gasteiger charge is -2.09. The predicted octanol–water partition coefficient (Wildman–Crippen LogP) is 4.30. The van der Waals surface area contributed by atoms with Gasteiger partial charge in [0, 0.05) is 29.8 Å². The number of nitrogens with zero attached hydrogens (tertiary/aromatic N) is 3. The molecule has 0 aliphatic heterocycles. The largest absolute Gasteiger partial charge is 0.497 e. The number of para-hydroxylation sites is 1. The third-order valence-electron chi connectivity index (χ3n) is 4.49. The Morgan fingerprint density at radius 3 is 2.44 bits per heavy atom. The van der Waals surface area contributed by atoms with E-state index in [2.05, 4.69) is 15.0 Å². The molecule has 0 spiro atoms. The van der Waals surface area contributed by atoms with Crippen molar-refractivity contribution in [2.45, 2.75) is 6.42 Å². The second kappa shape index (κ2) is 7.41. The van der Waals surface area contributed by atoms with Crippen LogP contribution in [0.2, 0.25) is 0 Å². The maximum atomic E-state index is 5.42. The number of ether oxygens (including phenoxy) is 2. The average molecular weight is 357 g/mol. The highest BCUT2D eigenvalue weighted by atomic mass is 16.5. The number of hydrogen-bond donors (Lipinski definition) is 0. The van der Waals surface area contributed by atoms with E-state index in [1.54, 1.807) is 20.4 Å². The Morgan fingerprint density at radius 2 is 1.67 bits per heavy atom. The topological polar surface area (TPSA) is 57.1 Å². The van der Waals surface area contributed by atoms with Gasteiger partial charge in [-0.05, 0) is 35.4 Å². The Morgan fingerprint density at radius 1 is 0.852 bits per heavy atom. The minimum absolute atomic E-state index is 0.592. The molecule has 0 saturated carbocycles. The monoisotopic (exact) mass is 357 g/mol. The lowest BCUT2D eigenvalue weighted by atomic mass is 10.0. The van der Waals surface area contributed by atoms with Crippen molar-refractivity contribution in [3.8, 4) is 22.6 Å². The second-order valence-electron chi connectivity index (χ2n) is 6.10. The van der Waals surface area contributed by atoms with E-state index >= 15 is 0 Å². The zero-order valence-corrected chi connectivity index (χ0v) is 15.2. The molecule has 4 rings (SSSR count). The molecule has 0 saturated heterocycles. The predicted molar refractivity (Wildman–Crippen MR) is 105 cm³/mol. The zero-order chi connectivity index (χ0) is 18.6. The number of aromatic nitrogens is 3. The third-order valence-corrected chi connectivity index (χ3v) is 4.49. The molecule has 134 valence electrons. The van der Waals surface area contributed by atoms with Crippen LogP contribution in [0, 0.1) is 0 Å². The summed E-state index contributed by atoms with van der Waals surface area (Å²) in [5, 5.41) is 0.923. The smallest absolute Gasteiger partial charge is 0.163 e. The zero-order valence-electron chi connectivity index (χ0n) is 15.2. The van der Waals surface area contributed by atoms with E-state index in [9.17, 15) is 0 Å². The van der Waals surface area contributed by atoms with Gasteiger partial charge in [0.25, 0.3) is 0 Å². The van der Waals surface area contributed by atoms with E-state index in [1.165, 1.54) is 0 Å². The second-order valence-corrected chi connectivity index (χ2v) is 6.10. The van der Waals surface area contributed by atoms with Crippen LogP contribution in [0.3, 0.4) is 0 Å². The van der Waals surface area contributed by atoms with Gasteiger partial charge in [-0.25, -0.2) is 15.0 Å². The van der Waals surface area contributed by atoms with Crippen LogP contribution in [0.4, 0.5) is 0 Å². The van der Waals surface area contributed by atoms with Crippen molar-refractivity contribution < 1.29 is 9.47 Å². The molecule has 0 aliphatic carbocycles. The molecule has 27 heavy (non-hydrogen) atoms. The van der Waals surface area contributed by atoms with Crippen LogP contribution in [-0.4, -0.2) is 29.2 Å². The maximum absolute atomic E-state index is 5.42. The molecular formula is C22H19N3O2. The molecule has 0 amide bonds. The van der Waals surface area contributed by atoms with Gasteiger partial charge in [0.15, 0.2) is 5.65 Å². The van der Waals surface area contributed by atoms with E-state index in [0.717, 1.165) is 33.6 Å². The average Bonchev–Trinajstić information content (AvgIpc) is 2.73. The van der Waals surface area contributed by atoms with Crippen molar-refractivity contribution in [3.05, 3.63) is 78.4 Å². The van der Waals surface area contributed by atoms with E-state index in [-0.39, 0.29) is 0 Å². The SMILES string of the molecule is COc1ccc(-c2ccnc3nc(Cc4ccccc4OC)ncc23)cc1. The summed E-state index contributed by atoms with van der Waals surface area (Å²) in [6, 6.07) is 17.8. The molecular weight excluding hydrogens is 338 g/mol. The van der Waals surface area contributed by atoms with Crippen molar-refractivity contribution >= 4 is 11.0 Å².